The van der Waals surface area contributed by atoms with Gasteiger partial charge in [0.05, 0.1) is 17.8 Å². The second-order valence-electron chi connectivity index (χ2n) is 4.90. The molecule has 0 amide bonds. The van der Waals surface area contributed by atoms with Crippen molar-refractivity contribution in [2.24, 2.45) is 0 Å². The number of rotatable bonds is 7. The van der Waals surface area contributed by atoms with Crippen LogP contribution < -0.4 is 10.9 Å². The number of ketones is 1. The lowest BCUT2D eigenvalue weighted by Crippen LogP contribution is -2.28. The first-order valence-electron chi connectivity index (χ1n) is 7.03. The molecular formula is C16H19N3O2S. The largest absolute Gasteiger partial charge is 0.365 e. The van der Waals surface area contributed by atoms with Crippen molar-refractivity contribution in [3.8, 4) is 0 Å². The molecule has 0 bridgehead atoms. The van der Waals surface area contributed by atoms with Crippen LogP contribution >= 0.6 is 11.8 Å². The lowest BCUT2D eigenvalue weighted by Gasteiger charge is -2.12. The number of anilines is 1. The zero-order valence-electron chi connectivity index (χ0n) is 12.7. The predicted molar refractivity (Wildman–Crippen MR) is 89.6 cm³/mol. The predicted octanol–water partition coefficient (Wildman–Crippen LogP) is 2.21. The lowest BCUT2D eigenvalue weighted by molar-refractivity contribution is -0.117. The Balaban J connectivity index is 2.11. The smallest absolute Gasteiger partial charge is 0.294 e. The molecule has 1 aromatic carbocycles. The highest BCUT2D eigenvalue weighted by Crippen LogP contribution is 2.12. The maximum Gasteiger partial charge on any atom is 0.294 e. The third kappa shape index (κ3) is 4.21. The minimum Gasteiger partial charge on any atom is -0.365 e. The standard InChI is InChI=1S/C16H19N3O2S/c1-12(20)11-19-14(22-2)10-18-15(16(19)21)17-9-8-13-6-4-3-5-7-13/h3-7,10H,8-9,11H2,1-2H3,(H,17,18). The van der Waals surface area contributed by atoms with Crippen LogP contribution in [0.15, 0.2) is 46.3 Å². The number of carbonyl (C=O) groups is 1. The van der Waals surface area contributed by atoms with E-state index in [0.29, 0.717) is 11.6 Å². The van der Waals surface area contributed by atoms with Gasteiger partial charge in [0, 0.05) is 6.54 Å². The first-order chi connectivity index (χ1) is 10.6. The quantitative estimate of drug-likeness (QED) is 0.793. The van der Waals surface area contributed by atoms with Crippen molar-refractivity contribution in [2.45, 2.75) is 24.9 Å². The van der Waals surface area contributed by atoms with Gasteiger partial charge in [-0.15, -0.1) is 11.8 Å². The number of benzene rings is 1. The Morgan fingerprint density at radius 2 is 2.05 bits per heavy atom. The molecule has 1 heterocycles. The van der Waals surface area contributed by atoms with Crippen molar-refractivity contribution in [1.82, 2.24) is 9.55 Å². The summed E-state index contributed by atoms with van der Waals surface area (Å²) in [5.41, 5.74) is 0.940. The second-order valence-corrected chi connectivity index (χ2v) is 5.73. The number of nitrogens with zero attached hydrogens (tertiary/aromatic N) is 2. The van der Waals surface area contributed by atoms with Gasteiger partial charge < -0.3 is 5.32 Å². The maximum absolute atomic E-state index is 12.4. The van der Waals surface area contributed by atoms with Crippen LogP contribution in [0.3, 0.4) is 0 Å². The fraction of sp³-hybridized carbons (Fsp3) is 0.312. The molecule has 0 saturated carbocycles. The molecule has 116 valence electrons. The van der Waals surface area contributed by atoms with E-state index in [1.165, 1.54) is 28.8 Å². The van der Waals surface area contributed by atoms with Crippen molar-refractivity contribution in [3.63, 3.8) is 0 Å². The van der Waals surface area contributed by atoms with Crippen LogP contribution in [0.5, 0.6) is 0 Å². The monoisotopic (exact) mass is 317 g/mol. The van der Waals surface area contributed by atoms with E-state index in [-0.39, 0.29) is 23.7 Å². The first-order valence-corrected chi connectivity index (χ1v) is 8.25. The summed E-state index contributed by atoms with van der Waals surface area (Å²) < 4.78 is 1.46. The summed E-state index contributed by atoms with van der Waals surface area (Å²) >= 11 is 1.40. The Morgan fingerprint density at radius 3 is 2.68 bits per heavy atom. The Labute approximate surface area is 133 Å². The normalized spacial score (nSPS) is 10.5. The van der Waals surface area contributed by atoms with Gasteiger partial charge in [0.25, 0.3) is 5.56 Å². The molecule has 0 unspecified atom stereocenters. The molecule has 6 heteroatoms. The molecule has 0 atom stereocenters. The third-order valence-electron chi connectivity index (χ3n) is 3.16. The van der Waals surface area contributed by atoms with Crippen molar-refractivity contribution in [2.75, 3.05) is 18.1 Å². The molecule has 0 radical (unpaired) electrons. The molecule has 5 nitrogen and oxygen atoms in total. The van der Waals surface area contributed by atoms with Gasteiger partial charge in [-0.3, -0.25) is 14.2 Å². The van der Waals surface area contributed by atoms with E-state index in [2.05, 4.69) is 10.3 Å². The van der Waals surface area contributed by atoms with E-state index in [1.54, 1.807) is 6.20 Å². The van der Waals surface area contributed by atoms with Crippen LogP contribution in [-0.2, 0) is 17.8 Å². The summed E-state index contributed by atoms with van der Waals surface area (Å²) in [4.78, 5) is 27.9. The van der Waals surface area contributed by atoms with Gasteiger partial charge in [0.1, 0.15) is 5.78 Å². The Morgan fingerprint density at radius 1 is 1.32 bits per heavy atom. The molecule has 1 N–H and O–H groups in total. The molecule has 0 aliphatic rings. The molecule has 0 aliphatic heterocycles. The zero-order valence-corrected chi connectivity index (χ0v) is 13.5. The Kier molecular flexibility index (Phi) is 5.77. The minimum atomic E-state index is -0.255. The maximum atomic E-state index is 12.4. The molecule has 0 saturated heterocycles. The number of hydrogen-bond donors (Lipinski definition) is 1. The summed E-state index contributed by atoms with van der Waals surface area (Å²) in [7, 11) is 0. The van der Waals surface area contributed by atoms with E-state index in [0.717, 1.165) is 6.42 Å². The number of carbonyl (C=O) groups excluding carboxylic acids is 1. The average Bonchev–Trinajstić information content (AvgIpc) is 2.51. The zero-order chi connectivity index (χ0) is 15.9. The molecule has 0 aliphatic carbocycles. The van der Waals surface area contributed by atoms with Gasteiger partial charge >= 0.3 is 0 Å². The highest BCUT2D eigenvalue weighted by atomic mass is 32.2. The summed E-state index contributed by atoms with van der Waals surface area (Å²) in [6.45, 7) is 2.16. The Hall–Kier alpha value is -2.08. The van der Waals surface area contributed by atoms with E-state index in [4.69, 9.17) is 0 Å². The molecular weight excluding hydrogens is 298 g/mol. The molecule has 0 fully saturated rings. The van der Waals surface area contributed by atoms with Crippen LogP contribution in [0, 0.1) is 0 Å². The van der Waals surface area contributed by atoms with Crippen molar-refractivity contribution >= 4 is 23.4 Å². The SMILES string of the molecule is CSc1cnc(NCCc2ccccc2)c(=O)n1CC(C)=O. The van der Waals surface area contributed by atoms with Crippen LogP contribution in [0.2, 0.25) is 0 Å². The summed E-state index contributed by atoms with van der Waals surface area (Å²) in [5.74, 6) is 0.230. The first kappa shape index (κ1) is 16.3. The van der Waals surface area contributed by atoms with Gasteiger partial charge in [0.2, 0.25) is 0 Å². The molecule has 2 aromatic rings. The highest BCUT2D eigenvalue weighted by molar-refractivity contribution is 7.98. The van der Waals surface area contributed by atoms with E-state index >= 15 is 0 Å². The van der Waals surface area contributed by atoms with Crippen LogP contribution in [0.25, 0.3) is 0 Å². The summed E-state index contributed by atoms with van der Waals surface area (Å²) in [5, 5.41) is 3.75. The number of aromatic nitrogens is 2. The van der Waals surface area contributed by atoms with Gasteiger partial charge in [-0.2, -0.15) is 0 Å². The van der Waals surface area contributed by atoms with Gasteiger partial charge in [-0.25, -0.2) is 4.98 Å². The highest BCUT2D eigenvalue weighted by Gasteiger charge is 2.11. The number of thioether (sulfide) groups is 1. The van der Waals surface area contributed by atoms with Crippen LogP contribution in [0.4, 0.5) is 5.82 Å². The second kappa shape index (κ2) is 7.79. The van der Waals surface area contributed by atoms with Crippen molar-refractivity contribution in [3.05, 3.63) is 52.4 Å². The molecule has 2 rings (SSSR count). The van der Waals surface area contributed by atoms with E-state index in [9.17, 15) is 9.59 Å². The molecule has 22 heavy (non-hydrogen) atoms. The number of hydrogen-bond acceptors (Lipinski definition) is 5. The van der Waals surface area contributed by atoms with Crippen LogP contribution in [-0.4, -0.2) is 28.1 Å². The molecule has 0 spiro atoms. The summed E-state index contributed by atoms with van der Waals surface area (Å²) in [6, 6.07) is 10.0. The fourth-order valence-corrected chi connectivity index (χ4v) is 2.63. The summed E-state index contributed by atoms with van der Waals surface area (Å²) in [6.07, 6.45) is 4.29. The van der Waals surface area contributed by atoms with Gasteiger partial charge in [-0.05, 0) is 25.2 Å². The number of Topliss-reactive ketones (excluding diaryl/α,β-unsaturated/α-hetero) is 1. The average molecular weight is 317 g/mol. The van der Waals surface area contributed by atoms with Crippen molar-refractivity contribution in [1.29, 1.82) is 0 Å². The lowest BCUT2D eigenvalue weighted by atomic mass is 10.1. The topological polar surface area (TPSA) is 64.0 Å². The van der Waals surface area contributed by atoms with E-state index < -0.39 is 0 Å². The third-order valence-corrected chi connectivity index (χ3v) is 3.90. The fourth-order valence-electron chi connectivity index (χ4n) is 2.10. The Bertz CT molecular complexity index is 698. The number of nitrogens with one attached hydrogen (secondary N) is 1. The van der Waals surface area contributed by atoms with Gasteiger partial charge in [0.15, 0.2) is 5.82 Å². The minimum absolute atomic E-state index is 0.0566. The van der Waals surface area contributed by atoms with Gasteiger partial charge in [-0.1, -0.05) is 30.3 Å². The van der Waals surface area contributed by atoms with Crippen molar-refractivity contribution < 1.29 is 4.79 Å². The van der Waals surface area contributed by atoms with E-state index in [1.807, 2.05) is 36.6 Å². The molecule has 1 aromatic heterocycles. The van der Waals surface area contributed by atoms with Crippen LogP contribution in [0.1, 0.15) is 12.5 Å².